The number of rotatable bonds is 9. The number of nitrogens with zero attached hydrogens (tertiary/aromatic N) is 4. The zero-order chi connectivity index (χ0) is 27.6. The lowest BCUT2D eigenvalue weighted by Gasteiger charge is -2.36. The summed E-state index contributed by atoms with van der Waals surface area (Å²) in [5.74, 6) is 1.97. The molecule has 0 saturated heterocycles. The van der Waals surface area contributed by atoms with Crippen LogP contribution in [0, 0.1) is 29.6 Å². The highest BCUT2D eigenvalue weighted by molar-refractivity contribution is 7.99. The van der Waals surface area contributed by atoms with Gasteiger partial charge in [-0.1, -0.05) is 50.6 Å². The molecule has 2 unspecified atom stereocenters. The van der Waals surface area contributed by atoms with Crippen molar-refractivity contribution >= 4 is 45.6 Å². The molecule has 2 heterocycles. The van der Waals surface area contributed by atoms with E-state index in [2.05, 4.69) is 42.4 Å². The number of amides is 1. The largest absolute Gasteiger partial charge is 0.482 e. The minimum absolute atomic E-state index is 0.163. The van der Waals surface area contributed by atoms with E-state index in [0.29, 0.717) is 32.5 Å². The van der Waals surface area contributed by atoms with Crippen LogP contribution in [0.5, 0.6) is 5.75 Å². The second kappa shape index (κ2) is 11.7. The number of carbonyl (C=O) groups is 1. The summed E-state index contributed by atoms with van der Waals surface area (Å²) in [6.45, 7) is 10.7. The van der Waals surface area contributed by atoms with Gasteiger partial charge in [0.15, 0.2) is 17.1 Å². The quantitative estimate of drug-likeness (QED) is 0.275. The summed E-state index contributed by atoms with van der Waals surface area (Å²) >= 11 is 8.91. The van der Waals surface area contributed by atoms with Crippen LogP contribution in [-0.4, -0.2) is 26.4 Å². The Morgan fingerprint density at radius 2 is 2.18 bits per heavy atom. The van der Waals surface area contributed by atoms with E-state index in [4.69, 9.17) is 16.3 Å². The van der Waals surface area contributed by atoms with E-state index in [1.54, 1.807) is 17.4 Å². The van der Waals surface area contributed by atoms with E-state index in [-0.39, 0.29) is 23.2 Å². The molecule has 38 heavy (non-hydrogen) atoms. The monoisotopic (exact) mass is 571 g/mol. The summed E-state index contributed by atoms with van der Waals surface area (Å²) in [5.41, 5.74) is 2.95. The van der Waals surface area contributed by atoms with Crippen molar-refractivity contribution in [1.82, 2.24) is 14.8 Å². The van der Waals surface area contributed by atoms with Crippen LogP contribution in [0.4, 0.5) is 5.00 Å². The number of thiophene rings is 1. The minimum Gasteiger partial charge on any atom is -0.482 e. The van der Waals surface area contributed by atoms with Gasteiger partial charge in [-0.05, 0) is 73.8 Å². The lowest BCUT2D eigenvalue weighted by molar-refractivity contribution is -0.113. The third-order valence-corrected chi connectivity index (χ3v) is 10.1. The molecule has 0 aliphatic heterocycles. The average molecular weight is 572 g/mol. The van der Waals surface area contributed by atoms with Gasteiger partial charge >= 0.3 is 0 Å². The zero-order valence-corrected chi connectivity index (χ0v) is 25.1. The van der Waals surface area contributed by atoms with Gasteiger partial charge in [0.25, 0.3) is 0 Å². The van der Waals surface area contributed by atoms with Crippen molar-refractivity contribution in [1.29, 1.82) is 5.26 Å². The highest BCUT2D eigenvalue weighted by Crippen LogP contribution is 2.45. The Labute approximate surface area is 237 Å². The number of thioether (sulfide) groups is 1. The number of fused-ring (bicyclic) bond motifs is 1. The summed E-state index contributed by atoms with van der Waals surface area (Å²) in [5, 5.41) is 23.3. The number of anilines is 1. The van der Waals surface area contributed by atoms with Crippen LogP contribution in [0.1, 0.15) is 74.0 Å². The van der Waals surface area contributed by atoms with Gasteiger partial charge < -0.3 is 14.6 Å². The molecule has 3 aromatic rings. The molecule has 7 nitrogen and oxygen atoms in total. The lowest BCUT2D eigenvalue weighted by Crippen LogP contribution is -2.28. The molecule has 1 amide bonds. The maximum Gasteiger partial charge on any atom is 0.235 e. The standard InChI is InChI=1S/C28H34ClN5O2S2/c1-7-28(4,5)18-8-10-20-21(14-30)26(38-23(20)13-18)31-24(35)15-37-27-33-32-25(34(27)6)17(3)36-22-11-9-19(29)12-16(22)2/h9,11-12,17-18H,7-8,10,13,15H2,1-6H3,(H,31,35). The first-order valence-electron chi connectivity index (χ1n) is 12.8. The third-order valence-electron chi connectivity index (χ3n) is 7.65. The molecule has 0 fully saturated rings. The summed E-state index contributed by atoms with van der Waals surface area (Å²) in [4.78, 5) is 14.1. The van der Waals surface area contributed by atoms with Gasteiger partial charge in [0.1, 0.15) is 16.8 Å². The van der Waals surface area contributed by atoms with Crippen molar-refractivity contribution in [3.63, 3.8) is 0 Å². The third kappa shape index (κ3) is 6.03. The van der Waals surface area contributed by atoms with Gasteiger partial charge in [-0.3, -0.25) is 4.79 Å². The second-order valence-electron chi connectivity index (χ2n) is 10.5. The molecular weight excluding hydrogens is 538 g/mol. The van der Waals surface area contributed by atoms with E-state index in [1.807, 2.05) is 37.6 Å². The van der Waals surface area contributed by atoms with E-state index in [0.717, 1.165) is 42.6 Å². The van der Waals surface area contributed by atoms with Crippen LogP contribution < -0.4 is 10.1 Å². The number of aryl methyl sites for hydroxylation is 1. The number of halogens is 1. The van der Waals surface area contributed by atoms with Crippen LogP contribution in [0.3, 0.4) is 0 Å². The van der Waals surface area contributed by atoms with Gasteiger partial charge in [-0.25, -0.2) is 0 Å². The van der Waals surface area contributed by atoms with Crippen molar-refractivity contribution in [3.8, 4) is 11.8 Å². The van der Waals surface area contributed by atoms with Crippen molar-refractivity contribution in [2.75, 3.05) is 11.1 Å². The maximum absolute atomic E-state index is 12.9. The number of nitrogens with one attached hydrogen (secondary N) is 1. The molecule has 2 atom stereocenters. The highest BCUT2D eigenvalue weighted by Gasteiger charge is 2.34. The van der Waals surface area contributed by atoms with E-state index in [1.165, 1.54) is 16.6 Å². The van der Waals surface area contributed by atoms with E-state index < -0.39 is 0 Å². The Hall–Kier alpha value is -2.54. The van der Waals surface area contributed by atoms with Crippen molar-refractivity contribution in [3.05, 3.63) is 50.6 Å². The fraction of sp³-hybridized carbons (Fsp3) is 0.500. The highest BCUT2D eigenvalue weighted by atomic mass is 35.5. The summed E-state index contributed by atoms with van der Waals surface area (Å²) in [6.07, 6.45) is 3.73. The Balaban J connectivity index is 1.39. The molecule has 1 N–H and O–H groups in total. The smallest absolute Gasteiger partial charge is 0.235 e. The van der Waals surface area contributed by atoms with Gasteiger partial charge in [-0.2, -0.15) is 5.26 Å². The molecule has 202 valence electrons. The molecule has 1 aliphatic carbocycles. The number of aromatic nitrogens is 3. The first-order chi connectivity index (χ1) is 18.0. The van der Waals surface area contributed by atoms with E-state index in [9.17, 15) is 10.1 Å². The number of benzene rings is 1. The molecule has 1 aromatic carbocycles. The average Bonchev–Trinajstić information content (AvgIpc) is 3.42. The summed E-state index contributed by atoms with van der Waals surface area (Å²) in [7, 11) is 1.86. The SMILES string of the molecule is CCC(C)(C)C1CCc2c(sc(NC(=O)CSc3nnc(C(C)Oc4ccc(Cl)cc4C)n3C)c2C#N)C1. The molecule has 4 rings (SSSR count). The number of hydrogen-bond acceptors (Lipinski definition) is 7. The van der Waals surface area contributed by atoms with Crippen molar-refractivity contribution in [2.24, 2.45) is 18.4 Å². The van der Waals surface area contributed by atoms with Crippen molar-refractivity contribution in [2.45, 2.75) is 71.6 Å². The Kier molecular flexibility index (Phi) is 8.75. The fourth-order valence-corrected chi connectivity index (χ4v) is 7.07. The molecule has 1 aliphatic rings. The first-order valence-corrected chi connectivity index (χ1v) is 15.0. The van der Waals surface area contributed by atoms with Crippen LogP contribution in [0.25, 0.3) is 0 Å². The predicted octanol–water partition coefficient (Wildman–Crippen LogP) is 7.12. The Morgan fingerprint density at radius 1 is 1.42 bits per heavy atom. The van der Waals surface area contributed by atoms with Crippen molar-refractivity contribution < 1.29 is 9.53 Å². The molecule has 0 saturated carbocycles. The lowest BCUT2D eigenvalue weighted by atomic mass is 9.69. The molecule has 10 heteroatoms. The molecule has 0 bridgehead atoms. The molecular formula is C28H34ClN5O2S2. The van der Waals surface area contributed by atoms with Gasteiger partial charge in [0.2, 0.25) is 5.91 Å². The minimum atomic E-state index is -0.340. The first kappa shape index (κ1) is 28.5. The fourth-order valence-electron chi connectivity index (χ4n) is 4.83. The van der Waals surface area contributed by atoms with Gasteiger partial charge in [0.05, 0.1) is 11.3 Å². The normalized spacial score (nSPS) is 16.0. The summed E-state index contributed by atoms with van der Waals surface area (Å²) in [6, 6.07) is 7.83. The zero-order valence-electron chi connectivity index (χ0n) is 22.7. The van der Waals surface area contributed by atoms with Gasteiger partial charge in [0, 0.05) is 16.9 Å². The number of carbonyl (C=O) groups excluding carboxylic acids is 1. The molecule has 2 aromatic heterocycles. The van der Waals surface area contributed by atoms with Crippen LogP contribution in [0.2, 0.25) is 5.02 Å². The van der Waals surface area contributed by atoms with Crippen LogP contribution >= 0.6 is 34.7 Å². The predicted molar refractivity (Wildman–Crippen MR) is 154 cm³/mol. The Bertz CT molecular complexity index is 1370. The van der Waals surface area contributed by atoms with Gasteiger partial charge in [-0.15, -0.1) is 21.5 Å². The number of hydrogen-bond donors (Lipinski definition) is 1. The number of ether oxygens (including phenoxy) is 1. The maximum atomic E-state index is 12.9. The molecule has 0 spiro atoms. The Morgan fingerprint density at radius 3 is 2.87 bits per heavy atom. The van der Waals surface area contributed by atoms with Crippen LogP contribution in [0.15, 0.2) is 23.4 Å². The molecule has 0 radical (unpaired) electrons. The topological polar surface area (TPSA) is 92.8 Å². The van der Waals surface area contributed by atoms with E-state index >= 15 is 0 Å². The van der Waals surface area contributed by atoms with Crippen LogP contribution in [-0.2, 0) is 24.7 Å². The second-order valence-corrected chi connectivity index (χ2v) is 13.0. The summed E-state index contributed by atoms with van der Waals surface area (Å²) < 4.78 is 7.93. The number of nitriles is 1.